The summed E-state index contributed by atoms with van der Waals surface area (Å²) in [5.41, 5.74) is 1.83. The van der Waals surface area contributed by atoms with E-state index in [9.17, 15) is 9.59 Å². The zero-order chi connectivity index (χ0) is 17.2. The molecule has 1 fully saturated rings. The van der Waals surface area contributed by atoms with Crippen molar-refractivity contribution in [2.45, 2.75) is 6.54 Å². The first kappa shape index (κ1) is 15.9. The molecular formula is C18H13N3O2S2. The number of amides is 2. The summed E-state index contributed by atoms with van der Waals surface area (Å²) in [5.74, 6) is -0.237. The van der Waals surface area contributed by atoms with Crippen LogP contribution in [0.3, 0.4) is 0 Å². The molecule has 3 aromatic rings. The van der Waals surface area contributed by atoms with Crippen molar-refractivity contribution in [2.24, 2.45) is 0 Å². The van der Waals surface area contributed by atoms with Gasteiger partial charge in [-0.1, -0.05) is 18.2 Å². The van der Waals surface area contributed by atoms with Crippen LogP contribution in [0.5, 0.6) is 0 Å². The molecule has 4 rings (SSSR count). The Morgan fingerprint density at radius 3 is 2.60 bits per heavy atom. The van der Waals surface area contributed by atoms with Gasteiger partial charge in [0.25, 0.3) is 11.1 Å². The zero-order valence-electron chi connectivity index (χ0n) is 13.0. The van der Waals surface area contributed by atoms with Gasteiger partial charge in [-0.05, 0) is 53.0 Å². The van der Waals surface area contributed by atoms with Crippen LogP contribution >= 0.6 is 23.1 Å². The van der Waals surface area contributed by atoms with Crippen LogP contribution in [0.15, 0.2) is 65.1 Å². The summed E-state index contributed by atoms with van der Waals surface area (Å²) in [6.45, 7) is 0.270. The highest BCUT2D eigenvalue weighted by Gasteiger charge is 2.35. The first-order chi connectivity index (χ1) is 12.2. The van der Waals surface area contributed by atoms with Crippen molar-refractivity contribution in [3.8, 4) is 5.69 Å². The number of aromatic nitrogens is 2. The fourth-order valence-corrected chi connectivity index (χ4v) is 4.06. The van der Waals surface area contributed by atoms with E-state index in [0.29, 0.717) is 4.91 Å². The van der Waals surface area contributed by atoms with Crippen molar-refractivity contribution in [3.63, 3.8) is 0 Å². The van der Waals surface area contributed by atoms with Crippen molar-refractivity contribution in [1.82, 2.24) is 14.7 Å². The molecule has 1 aliphatic rings. The van der Waals surface area contributed by atoms with Gasteiger partial charge in [-0.25, -0.2) is 4.68 Å². The topological polar surface area (TPSA) is 55.2 Å². The van der Waals surface area contributed by atoms with E-state index in [4.69, 9.17) is 0 Å². The van der Waals surface area contributed by atoms with Crippen LogP contribution in [0, 0.1) is 0 Å². The van der Waals surface area contributed by atoms with Gasteiger partial charge >= 0.3 is 0 Å². The van der Waals surface area contributed by atoms with Gasteiger partial charge in [-0.15, -0.1) is 11.3 Å². The van der Waals surface area contributed by atoms with Gasteiger partial charge in [-0.2, -0.15) is 5.10 Å². The Hall–Kier alpha value is -2.64. The van der Waals surface area contributed by atoms with Crippen molar-refractivity contribution >= 4 is 40.3 Å². The molecular weight excluding hydrogens is 354 g/mol. The smallest absolute Gasteiger partial charge is 0.268 e. The number of hydrogen-bond acceptors (Lipinski definition) is 5. The molecule has 2 aromatic heterocycles. The summed E-state index contributed by atoms with van der Waals surface area (Å²) in [4.78, 5) is 27.4. The van der Waals surface area contributed by atoms with E-state index < -0.39 is 0 Å². The first-order valence-electron chi connectivity index (χ1n) is 7.58. The number of benzene rings is 1. The van der Waals surface area contributed by atoms with E-state index >= 15 is 0 Å². The predicted molar refractivity (Wildman–Crippen MR) is 99.4 cm³/mol. The van der Waals surface area contributed by atoms with Gasteiger partial charge < -0.3 is 0 Å². The molecule has 0 bridgehead atoms. The minimum absolute atomic E-state index is 0.232. The third kappa shape index (κ3) is 3.29. The average molecular weight is 367 g/mol. The quantitative estimate of drug-likeness (QED) is 0.650. The zero-order valence-corrected chi connectivity index (χ0v) is 14.7. The van der Waals surface area contributed by atoms with Crippen molar-refractivity contribution < 1.29 is 9.59 Å². The number of carbonyl (C=O) groups excluding carboxylic acids is 2. The van der Waals surface area contributed by atoms with Crippen molar-refractivity contribution in [3.05, 3.63) is 75.6 Å². The minimum atomic E-state index is -0.237. The Morgan fingerprint density at radius 1 is 1.08 bits per heavy atom. The molecule has 0 aliphatic carbocycles. The van der Waals surface area contributed by atoms with Gasteiger partial charge in [0.05, 0.1) is 17.1 Å². The number of imide groups is 1. The number of thiophene rings is 1. The maximum absolute atomic E-state index is 12.5. The Bertz CT molecular complexity index is 929. The molecule has 0 atom stereocenters. The first-order valence-corrected chi connectivity index (χ1v) is 9.28. The summed E-state index contributed by atoms with van der Waals surface area (Å²) in [6, 6.07) is 13.3. The van der Waals surface area contributed by atoms with Crippen LogP contribution < -0.4 is 0 Å². The standard InChI is InChI=1S/C18H13N3O2S2/c22-17-16(11-15-3-1-10-24-15)25-18(23)20(17)12-13-4-6-14(7-5-13)21-9-2-8-19-21/h1-11H,12H2/b16-11-. The lowest BCUT2D eigenvalue weighted by atomic mass is 10.2. The molecule has 1 aliphatic heterocycles. The van der Waals surface area contributed by atoms with E-state index in [1.54, 1.807) is 17.0 Å². The van der Waals surface area contributed by atoms with Crippen molar-refractivity contribution in [1.29, 1.82) is 0 Å². The molecule has 3 heterocycles. The van der Waals surface area contributed by atoms with E-state index in [0.717, 1.165) is 27.9 Å². The molecule has 7 heteroatoms. The van der Waals surface area contributed by atoms with Gasteiger partial charge in [0, 0.05) is 17.3 Å². The molecule has 25 heavy (non-hydrogen) atoms. The Morgan fingerprint density at radius 2 is 1.92 bits per heavy atom. The second-order valence-electron chi connectivity index (χ2n) is 5.40. The minimum Gasteiger partial charge on any atom is -0.268 e. The second kappa shape index (κ2) is 6.70. The van der Waals surface area contributed by atoms with Crippen LogP contribution in [-0.2, 0) is 11.3 Å². The third-order valence-electron chi connectivity index (χ3n) is 3.74. The van der Waals surface area contributed by atoms with E-state index in [2.05, 4.69) is 5.10 Å². The Balaban J connectivity index is 1.50. The van der Waals surface area contributed by atoms with Crippen LogP contribution in [0.1, 0.15) is 10.4 Å². The van der Waals surface area contributed by atoms with E-state index in [1.807, 2.05) is 54.0 Å². The van der Waals surface area contributed by atoms with Crippen molar-refractivity contribution in [2.75, 3.05) is 0 Å². The molecule has 5 nitrogen and oxygen atoms in total. The molecule has 124 valence electrons. The SMILES string of the molecule is O=C1S/C(=C\c2cccs2)C(=O)N1Cc1ccc(-n2cccn2)cc1. The molecule has 0 radical (unpaired) electrons. The number of carbonyl (C=O) groups is 2. The maximum atomic E-state index is 12.5. The second-order valence-corrected chi connectivity index (χ2v) is 7.37. The van der Waals surface area contributed by atoms with Gasteiger partial charge in [-0.3, -0.25) is 14.5 Å². The summed E-state index contributed by atoms with van der Waals surface area (Å²) >= 11 is 2.53. The Labute approximate surface area is 152 Å². The van der Waals surface area contributed by atoms with E-state index in [-0.39, 0.29) is 17.7 Å². The molecule has 1 saturated heterocycles. The van der Waals surface area contributed by atoms with Crippen LogP contribution in [-0.4, -0.2) is 25.8 Å². The van der Waals surface area contributed by atoms with Gasteiger partial charge in [0.2, 0.25) is 0 Å². The summed E-state index contributed by atoms with van der Waals surface area (Å²) in [6.07, 6.45) is 5.35. The van der Waals surface area contributed by atoms with Gasteiger partial charge in [0.1, 0.15) is 0 Å². The third-order valence-corrected chi connectivity index (χ3v) is 5.46. The lowest BCUT2D eigenvalue weighted by Gasteiger charge is -2.12. The average Bonchev–Trinajstić information content (AvgIpc) is 3.36. The monoisotopic (exact) mass is 367 g/mol. The number of thioether (sulfide) groups is 1. The van der Waals surface area contributed by atoms with E-state index in [1.165, 1.54) is 16.2 Å². The van der Waals surface area contributed by atoms with Crippen LogP contribution in [0.25, 0.3) is 11.8 Å². The molecule has 2 amide bonds. The Kier molecular flexibility index (Phi) is 4.25. The fraction of sp³-hybridized carbons (Fsp3) is 0.0556. The molecule has 0 saturated carbocycles. The largest absolute Gasteiger partial charge is 0.293 e. The maximum Gasteiger partial charge on any atom is 0.293 e. The summed E-state index contributed by atoms with van der Waals surface area (Å²) < 4.78 is 1.76. The number of nitrogens with zero attached hydrogens (tertiary/aromatic N) is 3. The van der Waals surface area contributed by atoms with Crippen LogP contribution in [0.4, 0.5) is 4.79 Å². The van der Waals surface area contributed by atoms with Crippen LogP contribution in [0.2, 0.25) is 0 Å². The highest BCUT2D eigenvalue weighted by molar-refractivity contribution is 8.18. The molecule has 0 unspecified atom stereocenters. The molecule has 0 spiro atoms. The number of rotatable bonds is 4. The van der Waals surface area contributed by atoms with Gasteiger partial charge in [0.15, 0.2) is 0 Å². The summed E-state index contributed by atoms with van der Waals surface area (Å²) in [5, 5.41) is 5.89. The lowest BCUT2D eigenvalue weighted by molar-refractivity contribution is -0.123. The highest BCUT2D eigenvalue weighted by Crippen LogP contribution is 2.33. The molecule has 1 aromatic carbocycles. The highest BCUT2D eigenvalue weighted by atomic mass is 32.2. The molecule has 0 N–H and O–H groups in total. The normalized spacial score (nSPS) is 16.2. The number of hydrogen-bond donors (Lipinski definition) is 0. The predicted octanol–water partition coefficient (Wildman–Crippen LogP) is 4.17. The fourth-order valence-electron chi connectivity index (χ4n) is 2.50. The lowest BCUT2D eigenvalue weighted by Crippen LogP contribution is -2.27. The summed E-state index contributed by atoms with van der Waals surface area (Å²) in [7, 11) is 0.